The molecule has 0 aromatic carbocycles. The van der Waals surface area contributed by atoms with E-state index in [2.05, 4.69) is 9.47 Å². The van der Waals surface area contributed by atoms with Gasteiger partial charge in [-0.1, -0.05) is 0 Å². The van der Waals surface area contributed by atoms with E-state index in [1.807, 2.05) is 0 Å². The third-order valence-corrected chi connectivity index (χ3v) is 1.48. The lowest BCUT2D eigenvalue weighted by molar-refractivity contribution is -0.191. The molecule has 10 heavy (non-hydrogen) atoms. The highest BCUT2D eigenvalue weighted by molar-refractivity contribution is 5.99. The van der Waals surface area contributed by atoms with Crippen LogP contribution in [0.2, 0.25) is 0 Å². The Balaban J connectivity index is 2.55. The molecule has 1 aliphatic rings. The maximum atomic E-state index is 10.7. The number of carbonyl (C=O) groups excluding carboxylic acids is 2. The molecule has 0 bridgehead atoms. The van der Waals surface area contributed by atoms with Crippen molar-refractivity contribution in [1.82, 2.24) is 0 Å². The van der Waals surface area contributed by atoms with E-state index in [1.165, 1.54) is 7.11 Å². The average molecular weight is 144 g/mol. The summed E-state index contributed by atoms with van der Waals surface area (Å²) < 4.78 is 8.89. The van der Waals surface area contributed by atoms with Crippen molar-refractivity contribution in [2.75, 3.05) is 7.11 Å². The molecule has 4 nitrogen and oxygen atoms in total. The van der Waals surface area contributed by atoms with E-state index in [0.29, 0.717) is 0 Å². The number of rotatable bonds is 1. The molecule has 1 aliphatic heterocycles. The predicted molar refractivity (Wildman–Crippen MR) is 31.1 cm³/mol. The number of hydrogen-bond acceptors (Lipinski definition) is 4. The first-order valence-electron chi connectivity index (χ1n) is 2.95. The Morgan fingerprint density at radius 1 is 1.70 bits per heavy atom. The van der Waals surface area contributed by atoms with Crippen molar-refractivity contribution in [3.63, 3.8) is 0 Å². The van der Waals surface area contributed by atoms with E-state index in [4.69, 9.17) is 0 Å². The van der Waals surface area contributed by atoms with Crippen molar-refractivity contribution in [3.05, 3.63) is 0 Å². The normalized spacial score (nSPS) is 30.4. The molecule has 4 heteroatoms. The monoisotopic (exact) mass is 144 g/mol. The maximum Gasteiger partial charge on any atom is 0.324 e. The topological polar surface area (TPSA) is 52.6 Å². The van der Waals surface area contributed by atoms with Crippen molar-refractivity contribution < 1.29 is 19.1 Å². The molecule has 1 heterocycles. The van der Waals surface area contributed by atoms with Gasteiger partial charge in [-0.2, -0.15) is 0 Å². The maximum absolute atomic E-state index is 10.7. The quantitative estimate of drug-likeness (QED) is 0.375. The molecular formula is C6H8O4. The molecule has 0 radical (unpaired) electrons. The molecule has 0 aromatic heterocycles. The summed E-state index contributed by atoms with van der Waals surface area (Å²) in [5.74, 6) is -1.69. The van der Waals surface area contributed by atoms with E-state index < -0.39 is 17.9 Å². The van der Waals surface area contributed by atoms with Crippen LogP contribution in [-0.4, -0.2) is 25.2 Å². The number of hydrogen-bond donors (Lipinski definition) is 0. The van der Waals surface area contributed by atoms with Crippen LogP contribution in [0.4, 0.5) is 0 Å². The zero-order valence-corrected chi connectivity index (χ0v) is 5.79. The molecule has 0 saturated carbocycles. The third-order valence-electron chi connectivity index (χ3n) is 1.48. The molecule has 2 atom stereocenters. The Morgan fingerprint density at radius 3 is 2.50 bits per heavy atom. The fourth-order valence-electron chi connectivity index (χ4n) is 0.859. The van der Waals surface area contributed by atoms with Gasteiger partial charge in [0, 0.05) is 0 Å². The first kappa shape index (κ1) is 7.05. The van der Waals surface area contributed by atoms with Gasteiger partial charge in [-0.05, 0) is 6.92 Å². The lowest BCUT2D eigenvalue weighted by Crippen LogP contribution is -2.48. The minimum absolute atomic E-state index is 0.319. The molecule has 0 unspecified atom stereocenters. The Kier molecular flexibility index (Phi) is 1.61. The number of carbonyl (C=O) groups is 2. The Bertz CT molecular complexity index is 175. The first-order chi connectivity index (χ1) is 4.66. The fraction of sp³-hybridized carbons (Fsp3) is 0.667. The molecule has 0 amide bonds. The van der Waals surface area contributed by atoms with Crippen LogP contribution in [0.15, 0.2) is 0 Å². The van der Waals surface area contributed by atoms with E-state index in [-0.39, 0.29) is 6.10 Å². The lowest BCUT2D eigenvalue weighted by Gasteiger charge is -2.29. The van der Waals surface area contributed by atoms with Gasteiger partial charge in [0.1, 0.15) is 6.10 Å². The van der Waals surface area contributed by atoms with Gasteiger partial charge in [-0.15, -0.1) is 0 Å². The summed E-state index contributed by atoms with van der Waals surface area (Å²) in [7, 11) is 1.25. The third kappa shape index (κ3) is 0.853. The van der Waals surface area contributed by atoms with Crippen molar-refractivity contribution in [2.24, 2.45) is 5.92 Å². The summed E-state index contributed by atoms with van der Waals surface area (Å²) in [5, 5.41) is 0. The zero-order chi connectivity index (χ0) is 7.72. The van der Waals surface area contributed by atoms with Crippen LogP contribution < -0.4 is 0 Å². The van der Waals surface area contributed by atoms with Crippen LogP contribution in [0.3, 0.4) is 0 Å². The number of cyclic esters (lactones) is 1. The van der Waals surface area contributed by atoms with Crippen LogP contribution >= 0.6 is 0 Å². The largest absolute Gasteiger partial charge is 0.468 e. The van der Waals surface area contributed by atoms with Gasteiger partial charge in [0.15, 0.2) is 5.92 Å². The predicted octanol–water partition coefficient (Wildman–Crippen LogP) is -0.279. The summed E-state index contributed by atoms with van der Waals surface area (Å²) >= 11 is 0. The van der Waals surface area contributed by atoms with E-state index >= 15 is 0 Å². The van der Waals surface area contributed by atoms with Crippen LogP contribution in [0, 0.1) is 5.92 Å². The lowest BCUT2D eigenvalue weighted by atomic mass is 9.99. The second kappa shape index (κ2) is 2.28. The summed E-state index contributed by atoms with van der Waals surface area (Å²) in [6, 6.07) is 0. The van der Waals surface area contributed by atoms with Gasteiger partial charge >= 0.3 is 11.9 Å². The van der Waals surface area contributed by atoms with Gasteiger partial charge in [-0.3, -0.25) is 9.59 Å². The standard InChI is InChI=1S/C6H8O4/c1-3-4(5(7)9-2)6(8)10-3/h3-4H,1-2H3/t3-,4+/m0/s1. The van der Waals surface area contributed by atoms with E-state index in [0.717, 1.165) is 0 Å². The minimum Gasteiger partial charge on any atom is -0.468 e. The zero-order valence-electron chi connectivity index (χ0n) is 5.79. The van der Waals surface area contributed by atoms with E-state index in [1.54, 1.807) is 6.92 Å². The van der Waals surface area contributed by atoms with Crippen molar-refractivity contribution >= 4 is 11.9 Å². The van der Waals surface area contributed by atoms with Gasteiger partial charge in [0.25, 0.3) is 0 Å². The smallest absolute Gasteiger partial charge is 0.324 e. The average Bonchev–Trinajstić information content (AvgIpc) is 1.87. The number of ether oxygens (including phenoxy) is 2. The molecular weight excluding hydrogens is 136 g/mol. The molecule has 0 N–H and O–H groups in total. The van der Waals surface area contributed by atoms with Crippen molar-refractivity contribution in [1.29, 1.82) is 0 Å². The molecule has 0 aliphatic carbocycles. The SMILES string of the molecule is COC(=O)[C@@H]1C(=O)O[C@H]1C. The highest BCUT2D eigenvalue weighted by Crippen LogP contribution is 2.22. The molecule has 0 spiro atoms. The molecule has 1 saturated heterocycles. The minimum atomic E-state index is -0.690. The molecule has 0 aromatic rings. The summed E-state index contributed by atoms with van der Waals surface area (Å²) in [5.41, 5.74) is 0. The van der Waals surface area contributed by atoms with Crippen LogP contribution in [-0.2, 0) is 19.1 Å². The Labute approximate surface area is 58.1 Å². The fourth-order valence-corrected chi connectivity index (χ4v) is 0.859. The van der Waals surface area contributed by atoms with Crippen LogP contribution in [0.1, 0.15) is 6.92 Å². The van der Waals surface area contributed by atoms with Crippen molar-refractivity contribution in [3.8, 4) is 0 Å². The molecule has 56 valence electrons. The van der Waals surface area contributed by atoms with Crippen LogP contribution in [0.5, 0.6) is 0 Å². The Morgan fingerprint density at radius 2 is 2.30 bits per heavy atom. The van der Waals surface area contributed by atoms with Gasteiger partial charge in [-0.25, -0.2) is 0 Å². The number of esters is 2. The second-order valence-corrected chi connectivity index (χ2v) is 2.14. The van der Waals surface area contributed by atoms with Gasteiger partial charge in [0.05, 0.1) is 7.11 Å². The molecule has 1 rings (SSSR count). The van der Waals surface area contributed by atoms with Crippen molar-refractivity contribution in [2.45, 2.75) is 13.0 Å². The number of methoxy groups -OCH3 is 1. The first-order valence-corrected chi connectivity index (χ1v) is 2.95. The summed E-state index contributed by atoms with van der Waals surface area (Å²) in [6.07, 6.45) is -0.319. The van der Waals surface area contributed by atoms with Gasteiger partial charge in [0.2, 0.25) is 0 Å². The highest BCUT2D eigenvalue weighted by atomic mass is 16.6. The molecule has 1 fully saturated rings. The van der Waals surface area contributed by atoms with Gasteiger partial charge < -0.3 is 9.47 Å². The van der Waals surface area contributed by atoms with Crippen LogP contribution in [0.25, 0.3) is 0 Å². The summed E-state index contributed by atoms with van der Waals surface area (Å²) in [4.78, 5) is 21.2. The van der Waals surface area contributed by atoms with E-state index in [9.17, 15) is 9.59 Å². The summed E-state index contributed by atoms with van der Waals surface area (Å²) in [6.45, 7) is 1.66. The Hall–Kier alpha value is -1.06. The highest BCUT2D eigenvalue weighted by Gasteiger charge is 2.45. The second-order valence-electron chi connectivity index (χ2n) is 2.14.